The molecule has 2 aromatic carbocycles. The van der Waals surface area contributed by atoms with Gasteiger partial charge in [0.15, 0.2) is 5.78 Å². The molecule has 0 aromatic heterocycles. The highest BCUT2D eigenvalue weighted by Crippen LogP contribution is 2.30. The number of ketones is 1. The van der Waals surface area contributed by atoms with E-state index in [0.29, 0.717) is 11.3 Å². The van der Waals surface area contributed by atoms with Crippen molar-refractivity contribution in [3.05, 3.63) is 59.7 Å². The van der Waals surface area contributed by atoms with Gasteiger partial charge in [0.05, 0.1) is 10.6 Å². The van der Waals surface area contributed by atoms with Crippen LogP contribution in [0.5, 0.6) is 0 Å². The van der Waals surface area contributed by atoms with Gasteiger partial charge in [0.1, 0.15) is 0 Å². The van der Waals surface area contributed by atoms with Gasteiger partial charge in [-0.1, -0.05) is 51.1 Å². The molecule has 0 saturated heterocycles. The van der Waals surface area contributed by atoms with E-state index in [1.807, 2.05) is 32.9 Å². The number of carbonyl (C=O) groups is 1. The molecule has 2 rings (SSSR count). The van der Waals surface area contributed by atoms with Crippen molar-refractivity contribution < 1.29 is 13.2 Å². The van der Waals surface area contributed by atoms with Crippen molar-refractivity contribution in [3.63, 3.8) is 0 Å². The zero-order chi connectivity index (χ0) is 17.3. The number of hydrogen-bond donors (Lipinski definition) is 1. The molecule has 0 amide bonds. The third-order valence-electron chi connectivity index (χ3n) is 3.55. The van der Waals surface area contributed by atoms with Gasteiger partial charge in [-0.05, 0) is 36.1 Å². The molecular formula is C18H21NO3S. The van der Waals surface area contributed by atoms with Crippen LogP contribution in [0.15, 0.2) is 53.4 Å². The molecule has 23 heavy (non-hydrogen) atoms. The van der Waals surface area contributed by atoms with Gasteiger partial charge in [-0.3, -0.25) is 9.52 Å². The molecule has 0 heterocycles. The van der Waals surface area contributed by atoms with E-state index < -0.39 is 10.0 Å². The van der Waals surface area contributed by atoms with E-state index in [2.05, 4.69) is 4.72 Å². The Labute approximate surface area is 137 Å². The Morgan fingerprint density at radius 2 is 1.52 bits per heavy atom. The number of anilines is 1. The molecule has 0 spiro atoms. The van der Waals surface area contributed by atoms with Gasteiger partial charge in [-0.2, -0.15) is 0 Å². The summed E-state index contributed by atoms with van der Waals surface area (Å²) >= 11 is 0. The Morgan fingerprint density at radius 3 is 2.04 bits per heavy atom. The van der Waals surface area contributed by atoms with Gasteiger partial charge in [0.25, 0.3) is 10.0 Å². The second-order valence-corrected chi connectivity index (χ2v) is 8.16. The van der Waals surface area contributed by atoms with Crippen LogP contribution in [0.2, 0.25) is 0 Å². The minimum absolute atomic E-state index is 0.0972. The highest BCUT2D eigenvalue weighted by Gasteiger charge is 2.21. The predicted molar refractivity (Wildman–Crippen MR) is 92.4 cm³/mol. The maximum atomic E-state index is 12.6. The van der Waals surface area contributed by atoms with E-state index in [9.17, 15) is 13.2 Å². The van der Waals surface area contributed by atoms with Gasteiger partial charge in [-0.25, -0.2) is 8.42 Å². The van der Waals surface area contributed by atoms with Crippen LogP contribution in [0.1, 0.15) is 43.6 Å². The van der Waals surface area contributed by atoms with Crippen LogP contribution in [0, 0.1) is 0 Å². The smallest absolute Gasteiger partial charge is 0.261 e. The largest absolute Gasteiger partial charge is 0.295 e. The molecule has 0 fully saturated rings. The third kappa shape index (κ3) is 3.99. The lowest BCUT2D eigenvalue weighted by Gasteiger charge is -2.23. The van der Waals surface area contributed by atoms with Crippen LogP contribution in [0.25, 0.3) is 0 Å². The number of carbonyl (C=O) groups excluding carboxylic acids is 1. The number of para-hydroxylation sites is 1. The van der Waals surface area contributed by atoms with Crippen molar-refractivity contribution in [2.24, 2.45) is 0 Å². The molecular weight excluding hydrogens is 310 g/mol. The summed E-state index contributed by atoms with van der Waals surface area (Å²) in [6.45, 7) is 7.53. The first-order valence-electron chi connectivity index (χ1n) is 7.34. The summed E-state index contributed by atoms with van der Waals surface area (Å²) in [6.07, 6.45) is 0. The lowest BCUT2D eigenvalue weighted by atomic mass is 9.86. The first-order chi connectivity index (χ1) is 10.6. The first kappa shape index (κ1) is 17.2. The summed E-state index contributed by atoms with van der Waals surface area (Å²) < 4.78 is 27.8. The molecule has 1 N–H and O–H groups in total. The number of hydrogen-bond acceptors (Lipinski definition) is 3. The molecule has 0 saturated carbocycles. The SMILES string of the molecule is CC(=O)c1ccc(S(=O)(=O)Nc2ccccc2C(C)(C)C)cc1. The van der Waals surface area contributed by atoms with Crippen molar-refractivity contribution in [1.29, 1.82) is 0 Å². The lowest BCUT2D eigenvalue weighted by molar-refractivity contribution is 0.101. The zero-order valence-corrected chi connectivity index (χ0v) is 14.6. The Hall–Kier alpha value is -2.14. The molecule has 0 unspecified atom stereocenters. The maximum absolute atomic E-state index is 12.6. The topological polar surface area (TPSA) is 63.2 Å². The van der Waals surface area contributed by atoms with Gasteiger partial charge in [0.2, 0.25) is 0 Å². The lowest BCUT2D eigenvalue weighted by Crippen LogP contribution is -2.19. The quantitative estimate of drug-likeness (QED) is 0.862. The van der Waals surface area contributed by atoms with Crippen LogP contribution in [-0.4, -0.2) is 14.2 Å². The average molecular weight is 331 g/mol. The predicted octanol–water partition coefficient (Wildman–Crippen LogP) is 3.99. The normalized spacial score (nSPS) is 12.0. The van der Waals surface area contributed by atoms with Crippen LogP contribution in [0.3, 0.4) is 0 Å². The minimum Gasteiger partial charge on any atom is -0.295 e. The second-order valence-electron chi connectivity index (χ2n) is 6.48. The van der Waals surface area contributed by atoms with Crippen LogP contribution < -0.4 is 4.72 Å². The summed E-state index contributed by atoms with van der Waals surface area (Å²) in [5.41, 5.74) is 1.79. The fourth-order valence-corrected chi connectivity index (χ4v) is 3.38. The van der Waals surface area contributed by atoms with E-state index in [0.717, 1.165) is 5.56 Å². The minimum atomic E-state index is -3.70. The molecule has 2 aromatic rings. The number of rotatable bonds is 4. The van der Waals surface area contributed by atoms with Crippen LogP contribution >= 0.6 is 0 Å². The Bertz CT molecular complexity index is 816. The third-order valence-corrected chi connectivity index (χ3v) is 4.93. The van der Waals surface area contributed by atoms with Gasteiger partial charge in [-0.15, -0.1) is 0 Å². The van der Waals surface area contributed by atoms with Gasteiger partial charge in [0, 0.05) is 5.56 Å². The molecule has 5 heteroatoms. The molecule has 0 aliphatic carbocycles. The maximum Gasteiger partial charge on any atom is 0.261 e. The van der Waals surface area contributed by atoms with Gasteiger partial charge >= 0.3 is 0 Å². The number of benzene rings is 2. The zero-order valence-electron chi connectivity index (χ0n) is 13.8. The molecule has 0 aliphatic rings. The number of nitrogens with one attached hydrogen (secondary N) is 1. The van der Waals surface area contributed by atoms with E-state index in [1.54, 1.807) is 12.1 Å². The summed E-state index contributed by atoms with van der Waals surface area (Å²) in [5, 5.41) is 0. The Balaban J connectivity index is 2.38. The average Bonchev–Trinajstić information content (AvgIpc) is 2.46. The first-order valence-corrected chi connectivity index (χ1v) is 8.83. The van der Waals surface area contributed by atoms with Crippen LogP contribution in [-0.2, 0) is 15.4 Å². The molecule has 0 radical (unpaired) electrons. The van der Waals surface area contributed by atoms with E-state index in [-0.39, 0.29) is 16.1 Å². The summed E-state index contributed by atoms with van der Waals surface area (Å²) in [4.78, 5) is 11.4. The standard InChI is InChI=1S/C18H21NO3S/c1-13(20)14-9-11-15(12-10-14)23(21,22)19-17-8-6-5-7-16(17)18(2,3)4/h5-12,19H,1-4H3. The monoisotopic (exact) mass is 331 g/mol. The highest BCUT2D eigenvalue weighted by atomic mass is 32.2. The fourth-order valence-electron chi connectivity index (χ4n) is 2.30. The second kappa shape index (κ2) is 6.16. The van der Waals surface area contributed by atoms with Crippen molar-refractivity contribution in [1.82, 2.24) is 0 Å². The number of Topliss-reactive ketones (excluding diaryl/α,β-unsaturated/α-hetero) is 1. The van der Waals surface area contributed by atoms with Crippen molar-refractivity contribution >= 4 is 21.5 Å². The highest BCUT2D eigenvalue weighted by molar-refractivity contribution is 7.92. The van der Waals surface area contributed by atoms with E-state index in [4.69, 9.17) is 0 Å². The van der Waals surface area contributed by atoms with E-state index >= 15 is 0 Å². The van der Waals surface area contributed by atoms with E-state index in [1.165, 1.54) is 31.2 Å². The summed E-state index contributed by atoms with van der Waals surface area (Å²) in [7, 11) is -3.70. The molecule has 0 atom stereocenters. The molecule has 4 nitrogen and oxygen atoms in total. The van der Waals surface area contributed by atoms with Gasteiger partial charge < -0.3 is 0 Å². The van der Waals surface area contributed by atoms with Crippen LogP contribution in [0.4, 0.5) is 5.69 Å². The fraction of sp³-hybridized carbons (Fsp3) is 0.278. The number of sulfonamides is 1. The van der Waals surface area contributed by atoms with Crippen molar-refractivity contribution in [2.75, 3.05) is 4.72 Å². The van der Waals surface area contributed by atoms with Crippen molar-refractivity contribution in [2.45, 2.75) is 38.0 Å². The summed E-state index contributed by atoms with van der Waals surface area (Å²) in [5.74, 6) is -0.0972. The molecule has 122 valence electrons. The summed E-state index contributed by atoms with van der Waals surface area (Å²) in [6, 6.07) is 13.3. The molecule has 0 bridgehead atoms. The Kier molecular flexibility index (Phi) is 4.61. The molecule has 0 aliphatic heterocycles. The van der Waals surface area contributed by atoms with Crippen molar-refractivity contribution in [3.8, 4) is 0 Å². The Morgan fingerprint density at radius 1 is 0.957 bits per heavy atom.